The van der Waals surface area contributed by atoms with Crippen LogP contribution in [0, 0.1) is 0 Å². The largest absolute Gasteiger partial charge is 0.416 e. The molecule has 0 saturated heterocycles. The second-order valence-corrected chi connectivity index (χ2v) is 3.68. The molecule has 0 atom stereocenters. The van der Waals surface area contributed by atoms with Gasteiger partial charge >= 0.3 is 6.18 Å². The van der Waals surface area contributed by atoms with Gasteiger partial charge in [-0.2, -0.15) is 13.2 Å². The summed E-state index contributed by atoms with van der Waals surface area (Å²) < 4.78 is 36.7. The summed E-state index contributed by atoms with van der Waals surface area (Å²) in [5.41, 5.74) is 1.46. The van der Waals surface area contributed by atoms with Gasteiger partial charge in [-0.1, -0.05) is 23.8 Å². The van der Waals surface area contributed by atoms with Crippen molar-refractivity contribution in [1.82, 2.24) is 0 Å². The highest BCUT2D eigenvalue weighted by Gasteiger charge is 2.29. The lowest BCUT2D eigenvalue weighted by atomic mass is 10.1. The van der Waals surface area contributed by atoms with Crippen molar-refractivity contribution in [3.8, 4) is 0 Å². The van der Waals surface area contributed by atoms with Gasteiger partial charge in [-0.3, -0.25) is 0 Å². The monoisotopic (exact) mass is 214 g/mol. The molecule has 0 aliphatic heterocycles. The highest BCUT2D eigenvalue weighted by Crippen LogP contribution is 2.29. The Morgan fingerprint density at radius 1 is 1.13 bits per heavy atom. The van der Waals surface area contributed by atoms with Crippen LogP contribution in [0.4, 0.5) is 13.2 Å². The second kappa shape index (κ2) is 4.51. The van der Waals surface area contributed by atoms with Crippen molar-refractivity contribution >= 4 is 0 Å². The van der Waals surface area contributed by atoms with Crippen molar-refractivity contribution in [1.29, 1.82) is 0 Å². The van der Waals surface area contributed by atoms with Gasteiger partial charge in [-0.25, -0.2) is 0 Å². The van der Waals surface area contributed by atoms with E-state index in [-0.39, 0.29) is 0 Å². The van der Waals surface area contributed by atoms with Crippen molar-refractivity contribution in [3.63, 3.8) is 0 Å². The second-order valence-electron chi connectivity index (χ2n) is 3.68. The zero-order valence-corrected chi connectivity index (χ0v) is 8.73. The van der Waals surface area contributed by atoms with Crippen LogP contribution in [-0.4, -0.2) is 0 Å². The Balaban J connectivity index is 2.77. The Morgan fingerprint density at radius 2 is 1.67 bits per heavy atom. The van der Waals surface area contributed by atoms with Gasteiger partial charge in [-0.15, -0.1) is 0 Å². The molecule has 0 heterocycles. The Kier molecular flexibility index (Phi) is 3.56. The topological polar surface area (TPSA) is 0 Å². The summed E-state index contributed by atoms with van der Waals surface area (Å²) in [6.07, 6.45) is -1.57. The molecule has 1 rings (SSSR count). The fraction of sp³-hybridized carbons (Fsp3) is 0.333. The number of alkyl halides is 3. The third-order valence-corrected chi connectivity index (χ3v) is 2.03. The van der Waals surface area contributed by atoms with E-state index in [1.54, 1.807) is 0 Å². The summed E-state index contributed by atoms with van der Waals surface area (Å²) in [6, 6.07) is 5.27. The van der Waals surface area contributed by atoms with Crippen LogP contribution in [0.15, 0.2) is 35.9 Å². The lowest BCUT2D eigenvalue weighted by Crippen LogP contribution is -2.04. The number of hydrogen-bond acceptors (Lipinski definition) is 0. The molecule has 0 spiro atoms. The molecule has 0 unspecified atom stereocenters. The maximum absolute atomic E-state index is 12.2. The number of hydrogen-bond donors (Lipinski definition) is 0. The molecule has 1 aromatic rings. The van der Waals surface area contributed by atoms with Crippen LogP contribution in [0.5, 0.6) is 0 Å². The average Bonchev–Trinajstić information content (AvgIpc) is 2.14. The number of allylic oxidation sites excluding steroid dienone is 2. The Labute approximate surface area is 87.4 Å². The molecule has 0 aliphatic carbocycles. The third kappa shape index (κ3) is 3.78. The van der Waals surface area contributed by atoms with Gasteiger partial charge in [0.1, 0.15) is 0 Å². The van der Waals surface area contributed by atoms with Gasteiger partial charge in [0.05, 0.1) is 5.56 Å². The third-order valence-electron chi connectivity index (χ3n) is 2.03. The molecule has 0 fully saturated rings. The summed E-state index contributed by atoms with van der Waals surface area (Å²) in [5.74, 6) is 0. The smallest absolute Gasteiger partial charge is 0.166 e. The first-order valence-electron chi connectivity index (χ1n) is 4.69. The summed E-state index contributed by atoms with van der Waals surface area (Å²) in [6.45, 7) is 3.92. The molecule has 0 saturated carbocycles. The molecule has 0 bridgehead atoms. The van der Waals surface area contributed by atoms with Crippen LogP contribution < -0.4 is 0 Å². The molecule has 0 amide bonds. The number of benzene rings is 1. The lowest BCUT2D eigenvalue weighted by molar-refractivity contribution is -0.137. The minimum Gasteiger partial charge on any atom is -0.166 e. The highest BCUT2D eigenvalue weighted by molar-refractivity contribution is 5.26. The average molecular weight is 214 g/mol. The van der Waals surface area contributed by atoms with E-state index in [1.165, 1.54) is 12.1 Å². The molecule has 0 aromatic heterocycles. The fourth-order valence-corrected chi connectivity index (χ4v) is 1.15. The molecular formula is C12H13F3. The summed E-state index contributed by atoms with van der Waals surface area (Å²) in [7, 11) is 0. The van der Waals surface area contributed by atoms with E-state index in [2.05, 4.69) is 0 Å². The maximum Gasteiger partial charge on any atom is 0.416 e. The first kappa shape index (κ1) is 11.8. The van der Waals surface area contributed by atoms with Crippen LogP contribution in [0.3, 0.4) is 0 Å². The Hall–Kier alpha value is -1.25. The predicted octanol–water partition coefficient (Wildman–Crippen LogP) is 4.21. The summed E-state index contributed by atoms with van der Waals surface area (Å²) in [5, 5.41) is 0. The zero-order chi connectivity index (χ0) is 11.5. The molecule has 1 aromatic carbocycles. The molecule has 0 radical (unpaired) electrons. The van der Waals surface area contributed by atoms with Crippen LogP contribution in [0.25, 0.3) is 0 Å². The minimum absolute atomic E-state index is 0.594. The fourth-order valence-electron chi connectivity index (χ4n) is 1.15. The van der Waals surface area contributed by atoms with Crippen LogP contribution in [0.2, 0.25) is 0 Å². The van der Waals surface area contributed by atoms with Crippen molar-refractivity contribution < 1.29 is 13.2 Å². The van der Waals surface area contributed by atoms with Crippen LogP contribution in [-0.2, 0) is 12.6 Å². The van der Waals surface area contributed by atoms with Gasteiger partial charge in [0.25, 0.3) is 0 Å². The van der Waals surface area contributed by atoms with Gasteiger partial charge < -0.3 is 0 Å². The van der Waals surface area contributed by atoms with Crippen molar-refractivity contribution in [2.75, 3.05) is 0 Å². The number of rotatable bonds is 2. The van der Waals surface area contributed by atoms with Gasteiger partial charge in [-0.05, 0) is 38.0 Å². The summed E-state index contributed by atoms with van der Waals surface area (Å²) >= 11 is 0. The van der Waals surface area contributed by atoms with Gasteiger partial charge in [0, 0.05) is 0 Å². The van der Waals surface area contributed by atoms with E-state index in [0.717, 1.165) is 23.3 Å². The Morgan fingerprint density at radius 3 is 2.07 bits per heavy atom. The highest BCUT2D eigenvalue weighted by atomic mass is 19.4. The van der Waals surface area contributed by atoms with Gasteiger partial charge in [0.2, 0.25) is 0 Å². The standard InChI is InChI=1S/C12H13F3/c1-9(2)3-4-10-5-7-11(8-6-10)12(13,14)15/h3,5-8H,4H2,1-2H3. The number of halogens is 3. The predicted molar refractivity (Wildman–Crippen MR) is 54.6 cm³/mol. The summed E-state index contributed by atoms with van der Waals surface area (Å²) in [4.78, 5) is 0. The molecule has 0 aliphatic rings. The van der Waals surface area contributed by atoms with E-state index in [0.29, 0.717) is 6.42 Å². The molecule has 15 heavy (non-hydrogen) atoms. The first-order valence-corrected chi connectivity index (χ1v) is 4.69. The quantitative estimate of drug-likeness (QED) is 0.647. The molecular weight excluding hydrogens is 201 g/mol. The normalized spacial score (nSPS) is 11.3. The van der Waals surface area contributed by atoms with Gasteiger partial charge in [0.15, 0.2) is 0 Å². The van der Waals surface area contributed by atoms with Crippen molar-refractivity contribution in [2.45, 2.75) is 26.4 Å². The Bertz CT molecular complexity index is 340. The molecule has 0 N–H and O–H groups in total. The van der Waals surface area contributed by atoms with E-state index in [1.807, 2.05) is 19.9 Å². The first-order chi connectivity index (χ1) is 6.89. The van der Waals surface area contributed by atoms with E-state index in [9.17, 15) is 13.2 Å². The van der Waals surface area contributed by atoms with Crippen molar-refractivity contribution in [3.05, 3.63) is 47.0 Å². The lowest BCUT2D eigenvalue weighted by Gasteiger charge is -2.06. The molecule has 3 heteroatoms. The van der Waals surface area contributed by atoms with E-state index in [4.69, 9.17) is 0 Å². The van der Waals surface area contributed by atoms with Crippen LogP contribution >= 0.6 is 0 Å². The minimum atomic E-state index is -4.24. The zero-order valence-electron chi connectivity index (χ0n) is 8.73. The SMILES string of the molecule is CC(C)=CCc1ccc(C(F)(F)F)cc1. The maximum atomic E-state index is 12.2. The van der Waals surface area contributed by atoms with E-state index >= 15 is 0 Å². The molecule has 0 nitrogen and oxygen atoms in total. The molecule has 82 valence electrons. The van der Waals surface area contributed by atoms with Crippen molar-refractivity contribution in [2.24, 2.45) is 0 Å². The van der Waals surface area contributed by atoms with Crippen LogP contribution in [0.1, 0.15) is 25.0 Å². The van der Waals surface area contributed by atoms with E-state index < -0.39 is 11.7 Å².